The Bertz CT molecular complexity index is 71.2. The Kier molecular flexibility index (Phi) is 12.1. The molecule has 77 valence electrons. The van der Waals surface area contributed by atoms with Gasteiger partial charge >= 0.3 is 0 Å². The summed E-state index contributed by atoms with van der Waals surface area (Å²) >= 11 is 0. The van der Waals surface area contributed by atoms with Gasteiger partial charge in [-0.25, -0.2) is 0 Å². The van der Waals surface area contributed by atoms with Crippen molar-refractivity contribution >= 4 is 7.28 Å². The lowest BCUT2D eigenvalue weighted by atomic mass is 9.68. The fourth-order valence-corrected chi connectivity index (χ4v) is 1.58. The van der Waals surface area contributed by atoms with Gasteiger partial charge in [0.1, 0.15) is 7.28 Å². The molecule has 0 saturated carbocycles. The van der Waals surface area contributed by atoms with Crippen LogP contribution < -0.4 is 0 Å². The molecule has 0 nitrogen and oxygen atoms in total. The molecule has 0 aliphatic rings. The topological polar surface area (TPSA) is 0 Å². The third-order valence-electron chi connectivity index (χ3n) is 2.52. The summed E-state index contributed by atoms with van der Waals surface area (Å²) in [4.78, 5) is 0. The molecule has 0 spiro atoms. The second-order valence-electron chi connectivity index (χ2n) is 3.99. The van der Waals surface area contributed by atoms with Gasteiger partial charge in [-0.2, -0.15) is 0 Å². The fraction of sp³-hybridized carbons (Fsp3) is 1.00. The lowest BCUT2D eigenvalue weighted by molar-refractivity contribution is 0.689. The normalized spacial score (nSPS) is 10.3. The van der Waals surface area contributed by atoms with E-state index in [1.54, 1.807) is 0 Å². The summed E-state index contributed by atoms with van der Waals surface area (Å²) in [5, 5.41) is 0. The monoisotopic (exact) mass is 181 g/mol. The lowest BCUT2D eigenvalue weighted by Gasteiger charge is -1.99. The summed E-state index contributed by atoms with van der Waals surface area (Å²) in [6.07, 6.45) is 14.0. The summed E-state index contributed by atoms with van der Waals surface area (Å²) < 4.78 is 0. The Balaban J connectivity index is 2.76. The van der Waals surface area contributed by atoms with Gasteiger partial charge in [0.25, 0.3) is 0 Å². The van der Waals surface area contributed by atoms with Crippen molar-refractivity contribution in [2.24, 2.45) is 0 Å². The van der Waals surface area contributed by atoms with Crippen molar-refractivity contribution in [3.63, 3.8) is 0 Å². The maximum atomic E-state index is 2.49. The Hall–Kier alpha value is 0.0649. The Morgan fingerprint density at radius 2 is 1.08 bits per heavy atom. The predicted octanol–water partition coefficient (Wildman–Crippen LogP) is 4.69. The van der Waals surface area contributed by atoms with E-state index in [-0.39, 0.29) is 0 Å². The highest BCUT2D eigenvalue weighted by Crippen LogP contribution is 2.06. The zero-order valence-electron chi connectivity index (χ0n) is 9.65. The molecular weight excluding hydrogens is 155 g/mol. The second kappa shape index (κ2) is 12.1. The first-order valence-electron chi connectivity index (χ1n) is 6.23. The zero-order chi connectivity index (χ0) is 9.78. The number of hydrogen-bond donors (Lipinski definition) is 0. The molecule has 0 aliphatic heterocycles. The van der Waals surface area contributed by atoms with Crippen molar-refractivity contribution in [2.75, 3.05) is 0 Å². The van der Waals surface area contributed by atoms with Crippen LogP contribution in [0.15, 0.2) is 0 Å². The van der Waals surface area contributed by atoms with Crippen LogP contribution >= 0.6 is 0 Å². The molecule has 0 N–H and O–H groups in total. The molecule has 0 rings (SSSR count). The van der Waals surface area contributed by atoms with Crippen molar-refractivity contribution in [3.8, 4) is 0 Å². The molecule has 0 atom stereocenters. The minimum Gasteiger partial charge on any atom is -0.0803 e. The summed E-state index contributed by atoms with van der Waals surface area (Å²) in [5.74, 6) is 0. The first-order chi connectivity index (χ1) is 6.41. The van der Waals surface area contributed by atoms with Gasteiger partial charge in [-0.3, -0.25) is 0 Å². The van der Waals surface area contributed by atoms with Gasteiger partial charge in [-0.05, 0) is 0 Å². The van der Waals surface area contributed by atoms with Gasteiger partial charge in [0.05, 0.1) is 0 Å². The predicted molar refractivity (Wildman–Crippen MR) is 63.7 cm³/mol. The van der Waals surface area contributed by atoms with E-state index < -0.39 is 0 Å². The van der Waals surface area contributed by atoms with Gasteiger partial charge in [0, 0.05) is 0 Å². The van der Waals surface area contributed by atoms with E-state index in [0.29, 0.717) is 0 Å². The first-order valence-corrected chi connectivity index (χ1v) is 6.23. The van der Waals surface area contributed by atoms with Crippen LogP contribution in [-0.4, -0.2) is 7.28 Å². The van der Waals surface area contributed by atoms with E-state index in [1.807, 2.05) is 0 Å². The summed E-state index contributed by atoms with van der Waals surface area (Å²) in [6, 6.07) is 0. The minimum absolute atomic E-state index is 1.35. The van der Waals surface area contributed by atoms with Crippen molar-refractivity contribution in [2.45, 2.75) is 77.9 Å². The Morgan fingerprint density at radius 1 is 0.615 bits per heavy atom. The average molecular weight is 181 g/mol. The third kappa shape index (κ3) is 12.1. The molecule has 0 aliphatic carbocycles. The quantitative estimate of drug-likeness (QED) is 0.339. The van der Waals surface area contributed by atoms with Gasteiger partial charge < -0.3 is 0 Å². The van der Waals surface area contributed by atoms with Crippen LogP contribution in [0.1, 0.15) is 65.2 Å². The lowest BCUT2D eigenvalue weighted by Crippen LogP contribution is -1.89. The Morgan fingerprint density at radius 3 is 1.46 bits per heavy atom. The molecule has 0 fully saturated rings. The highest BCUT2D eigenvalue weighted by molar-refractivity contribution is 6.35. The third-order valence-corrected chi connectivity index (χ3v) is 2.52. The Labute approximate surface area is 85.7 Å². The van der Waals surface area contributed by atoms with E-state index in [2.05, 4.69) is 21.1 Å². The van der Waals surface area contributed by atoms with E-state index in [9.17, 15) is 0 Å². The van der Waals surface area contributed by atoms with Crippen LogP contribution in [0.25, 0.3) is 0 Å². The molecule has 0 bridgehead atoms. The van der Waals surface area contributed by atoms with Crippen LogP contribution in [-0.2, 0) is 0 Å². The van der Waals surface area contributed by atoms with E-state index in [0.717, 1.165) is 0 Å². The molecule has 1 heteroatoms. The highest BCUT2D eigenvalue weighted by atomic mass is 13.9. The van der Waals surface area contributed by atoms with Crippen molar-refractivity contribution in [3.05, 3.63) is 0 Å². The molecule has 0 aromatic carbocycles. The van der Waals surface area contributed by atoms with E-state index >= 15 is 0 Å². The van der Waals surface area contributed by atoms with Crippen LogP contribution in [0.4, 0.5) is 0 Å². The standard InChI is InChI=1S/C12H26B/c1-3-5-7-9-11-13-12-10-8-6-4-2/h3-12H2,1-2H3. The highest BCUT2D eigenvalue weighted by Gasteiger charge is 1.92. The molecular formula is C12H26B. The first kappa shape index (κ1) is 13.1. The summed E-state index contributed by atoms with van der Waals surface area (Å²) in [5.41, 5.74) is 0. The van der Waals surface area contributed by atoms with Crippen molar-refractivity contribution < 1.29 is 0 Å². The van der Waals surface area contributed by atoms with Crippen molar-refractivity contribution in [1.29, 1.82) is 0 Å². The van der Waals surface area contributed by atoms with Crippen LogP contribution in [0.2, 0.25) is 12.6 Å². The van der Waals surface area contributed by atoms with Gasteiger partial charge in [0.2, 0.25) is 0 Å². The molecule has 0 aromatic heterocycles. The molecule has 0 aromatic rings. The molecule has 0 saturated heterocycles. The molecule has 13 heavy (non-hydrogen) atoms. The van der Waals surface area contributed by atoms with Gasteiger partial charge in [-0.1, -0.05) is 77.9 Å². The largest absolute Gasteiger partial charge is 0.109 e. The zero-order valence-corrected chi connectivity index (χ0v) is 9.65. The van der Waals surface area contributed by atoms with Gasteiger partial charge in [0.15, 0.2) is 0 Å². The fourth-order valence-electron chi connectivity index (χ4n) is 1.58. The van der Waals surface area contributed by atoms with Gasteiger partial charge in [-0.15, -0.1) is 0 Å². The van der Waals surface area contributed by atoms with Crippen LogP contribution in [0.3, 0.4) is 0 Å². The van der Waals surface area contributed by atoms with Crippen LogP contribution in [0.5, 0.6) is 0 Å². The number of unbranched alkanes of at least 4 members (excludes halogenated alkanes) is 6. The smallest absolute Gasteiger partial charge is 0.0803 e. The molecule has 1 radical (unpaired) electrons. The average Bonchev–Trinajstić information content (AvgIpc) is 2.16. The molecule has 0 amide bonds. The molecule has 0 unspecified atom stereocenters. The van der Waals surface area contributed by atoms with E-state index in [4.69, 9.17) is 0 Å². The van der Waals surface area contributed by atoms with E-state index in [1.165, 1.54) is 64.0 Å². The van der Waals surface area contributed by atoms with Crippen LogP contribution in [0, 0.1) is 0 Å². The second-order valence-corrected chi connectivity index (χ2v) is 3.99. The number of rotatable bonds is 10. The maximum absolute atomic E-state index is 2.49. The molecule has 0 heterocycles. The maximum Gasteiger partial charge on any atom is 0.109 e. The number of hydrogen-bond acceptors (Lipinski definition) is 0. The summed E-state index contributed by atoms with van der Waals surface area (Å²) in [7, 11) is 2.49. The van der Waals surface area contributed by atoms with Crippen molar-refractivity contribution in [1.82, 2.24) is 0 Å². The minimum atomic E-state index is 1.35. The summed E-state index contributed by atoms with van der Waals surface area (Å²) in [6.45, 7) is 4.54. The SMILES string of the molecule is CCCCCC[B]CCCCCC.